The highest BCUT2D eigenvalue weighted by Crippen LogP contribution is 2.24. The van der Waals surface area contributed by atoms with E-state index < -0.39 is 10.0 Å². The Morgan fingerprint density at radius 3 is 2.78 bits per heavy atom. The van der Waals surface area contributed by atoms with Crippen LogP contribution in [0.5, 0.6) is 0 Å². The van der Waals surface area contributed by atoms with E-state index in [-0.39, 0.29) is 10.9 Å². The second-order valence-corrected chi connectivity index (χ2v) is 6.49. The Balaban J connectivity index is 2.17. The molecule has 6 heteroatoms. The second-order valence-electron chi connectivity index (χ2n) is 4.81. The van der Waals surface area contributed by atoms with Gasteiger partial charge in [-0.25, -0.2) is 18.1 Å². The molecule has 2 aromatic rings. The van der Waals surface area contributed by atoms with E-state index in [0.717, 1.165) is 24.2 Å². The van der Waals surface area contributed by atoms with Crippen LogP contribution in [0, 0.1) is 13.8 Å². The van der Waals surface area contributed by atoms with Gasteiger partial charge >= 0.3 is 0 Å². The highest BCUT2D eigenvalue weighted by molar-refractivity contribution is 7.89. The monoisotopic (exact) mass is 265 g/mol. The molecule has 2 heterocycles. The summed E-state index contributed by atoms with van der Waals surface area (Å²) in [6, 6.07) is 3.65. The van der Waals surface area contributed by atoms with Crippen LogP contribution in [-0.2, 0) is 10.0 Å². The predicted molar refractivity (Wildman–Crippen MR) is 68.0 cm³/mol. The van der Waals surface area contributed by atoms with Crippen molar-refractivity contribution in [3.63, 3.8) is 0 Å². The fraction of sp³-hybridized carbons (Fsp3) is 0.417. The number of hydrogen-bond acceptors (Lipinski definition) is 3. The van der Waals surface area contributed by atoms with Crippen molar-refractivity contribution in [1.29, 1.82) is 0 Å². The number of nitrogens with zero attached hydrogens (tertiary/aromatic N) is 2. The number of hydrogen-bond donors (Lipinski definition) is 1. The molecule has 2 aromatic heterocycles. The Morgan fingerprint density at radius 1 is 1.39 bits per heavy atom. The molecule has 1 aliphatic carbocycles. The van der Waals surface area contributed by atoms with Crippen LogP contribution >= 0.6 is 0 Å². The molecule has 1 N–H and O–H groups in total. The van der Waals surface area contributed by atoms with Gasteiger partial charge in [0, 0.05) is 23.6 Å². The molecule has 0 amide bonds. The van der Waals surface area contributed by atoms with Crippen LogP contribution in [0.1, 0.15) is 24.2 Å². The van der Waals surface area contributed by atoms with Gasteiger partial charge in [0.2, 0.25) is 10.0 Å². The summed E-state index contributed by atoms with van der Waals surface area (Å²) in [7, 11) is -3.45. The minimum atomic E-state index is -3.45. The largest absolute Gasteiger partial charge is 0.305 e. The highest BCUT2D eigenvalue weighted by Gasteiger charge is 2.29. The Kier molecular flexibility index (Phi) is 2.46. The first-order chi connectivity index (χ1) is 8.47. The van der Waals surface area contributed by atoms with Gasteiger partial charge in [-0.05, 0) is 38.8 Å². The van der Waals surface area contributed by atoms with E-state index in [1.54, 1.807) is 16.7 Å². The molecule has 96 valence electrons. The zero-order valence-electron chi connectivity index (χ0n) is 10.3. The number of fused-ring (bicyclic) bond motifs is 1. The van der Waals surface area contributed by atoms with Gasteiger partial charge in [-0.15, -0.1) is 0 Å². The number of aryl methyl sites for hydroxylation is 2. The van der Waals surface area contributed by atoms with E-state index in [2.05, 4.69) is 9.71 Å². The van der Waals surface area contributed by atoms with Crippen molar-refractivity contribution in [2.45, 2.75) is 37.6 Å². The minimum absolute atomic E-state index is 0.107. The van der Waals surface area contributed by atoms with Gasteiger partial charge in [-0.1, -0.05) is 0 Å². The molecule has 5 nitrogen and oxygen atoms in total. The van der Waals surface area contributed by atoms with E-state index in [1.807, 2.05) is 19.9 Å². The molecular formula is C12H15N3O2S. The minimum Gasteiger partial charge on any atom is -0.305 e. The van der Waals surface area contributed by atoms with Gasteiger partial charge in [0.05, 0.1) is 0 Å². The van der Waals surface area contributed by atoms with Crippen LogP contribution in [0.15, 0.2) is 23.2 Å². The Morgan fingerprint density at radius 2 is 2.11 bits per heavy atom. The van der Waals surface area contributed by atoms with E-state index in [9.17, 15) is 8.42 Å². The third-order valence-electron chi connectivity index (χ3n) is 3.09. The lowest BCUT2D eigenvalue weighted by Crippen LogP contribution is -2.25. The van der Waals surface area contributed by atoms with Crippen LogP contribution in [0.25, 0.3) is 5.65 Å². The maximum absolute atomic E-state index is 12.2. The van der Waals surface area contributed by atoms with Crippen LogP contribution in [0.4, 0.5) is 0 Å². The fourth-order valence-corrected chi connectivity index (χ4v) is 3.49. The summed E-state index contributed by atoms with van der Waals surface area (Å²) in [5.41, 5.74) is 2.30. The maximum Gasteiger partial charge on any atom is 0.244 e. The summed E-state index contributed by atoms with van der Waals surface area (Å²) in [5.74, 6) is 0. The Bertz CT molecular complexity index is 714. The summed E-state index contributed by atoms with van der Waals surface area (Å²) < 4.78 is 28.9. The molecular weight excluding hydrogens is 250 g/mol. The molecule has 18 heavy (non-hydrogen) atoms. The van der Waals surface area contributed by atoms with Crippen LogP contribution in [0.2, 0.25) is 0 Å². The average Bonchev–Trinajstić information content (AvgIpc) is 2.94. The number of sulfonamides is 1. The lowest BCUT2D eigenvalue weighted by Gasteiger charge is -2.06. The zero-order valence-corrected chi connectivity index (χ0v) is 11.2. The summed E-state index contributed by atoms with van der Waals surface area (Å²) in [5, 5.41) is 0. The number of nitrogens with one attached hydrogen (secondary N) is 1. The van der Waals surface area contributed by atoms with Crippen molar-refractivity contribution in [1.82, 2.24) is 14.1 Å². The Labute approximate surface area is 106 Å². The van der Waals surface area contributed by atoms with E-state index in [1.165, 1.54) is 0 Å². The Hall–Kier alpha value is -1.40. The third-order valence-corrected chi connectivity index (χ3v) is 4.63. The molecule has 0 radical (unpaired) electrons. The van der Waals surface area contributed by atoms with Gasteiger partial charge in [-0.3, -0.25) is 0 Å². The van der Waals surface area contributed by atoms with Crippen LogP contribution < -0.4 is 4.72 Å². The highest BCUT2D eigenvalue weighted by atomic mass is 32.2. The molecule has 0 spiro atoms. The smallest absolute Gasteiger partial charge is 0.244 e. The van der Waals surface area contributed by atoms with Crippen molar-refractivity contribution in [2.24, 2.45) is 0 Å². The van der Waals surface area contributed by atoms with Crippen molar-refractivity contribution in [2.75, 3.05) is 0 Å². The second kappa shape index (κ2) is 3.80. The van der Waals surface area contributed by atoms with Gasteiger partial charge in [0.25, 0.3) is 0 Å². The first-order valence-corrected chi connectivity index (χ1v) is 7.43. The SMILES string of the molecule is Cc1cc(C)n2ccc(S(=O)(=O)NC3CC3)c2n1. The van der Waals surface area contributed by atoms with Crippen molar-refractivity contribution < 1.29 is 8.42 Å². The van der Waals surface area contributed by atoms with Crippen molar-refractivity contribution in [3.8, 4) is 0 Å². The van der Waals surface area contributed by atoms with Crippen molar-refractivity contribution in [3.05, 3.63) is 29.7 Å². The first-order valence-electron chi connectivity index (χ1n) is 5.95. The summed E-state index contributed by atoms with van der Waals surface area (Å²) >= 11 is 0. The molecule has 1 saturated carbocycles. The topological polar surface area (TPSA) is 63.5 Å². The van der Waals surface area contributed by atoms with Crippen molar-refractivity contribution >= 4 is 15.7 Å². The average molecular weight is 265 g/mol. The fourth-order valence-electron chi connectivity index (χ4n) is 2.06. The number of aromatic nitrogens is 2. The molecule has 0 unspecified atom stereocenters. The van der Waals surface area contributed by atoms with E-state index in [0.29, 0.717) is 5.65 Å². The molecule has 0 atom stereocenters. The van der Waals surface area contributed by atoms with E-state index >= 15 is 0 Å². The molecule has 0 bridgehead atoms. The molecule has 0 saturated heterocycles. The van der Waals surface area contributed by atoms with Gasteiger partial charge < -0.3 is 4.40 Å². The molecule has 0 aromatic carbocycles. The maximum atomic E-state index is 12.2. The quantitative estimate of drug-likeness (QED) is 0.912. The standard InChI is InChI=1S/C12H15N3O2S/c1-8-7-9(2)15-6-5-11(12(15)13-8)18(16,17)14-10-3-4-10/h5-7,10,14H,3-4H2,1-2H3. The van der Waals surface area contributed by atoms with Gasteiger partial charge in [0.15, 0.2) is 5.65 Å². The molecule has 1 fully saturated rings. The third kappa shape index (κ3) is 1.91. The normalized spacial score (nSPS) is 16.3. The first kappa shape index (κ1) is 11.7. The molecule has 3 rings (SSSR count). The summed E-state index contributed by atoms with van der Waals surface area (Å²) in [6.45, 7) is 3.80. The zero-order chi connectivity index (χ0) is 12.9. The van der Waals surface area contributed by atoms with Crippen LogP contribution in [-0.4, -0.2) is 23.8 Å². The summed E-state index contributed by atoms with van der Waals surface area (Å²) in [4.78, 5) is 4.60. The number of rotatable bonds is 3. The van der Waals surface area contributed by atoms with Gasteiger partial charge in [0.1, 0.15) is 4.90 Å². The van der Waals surface area contributed by atoms with E-state index in [4.69, 9.17) is 0 Å². The lowest BCUT2D eigenvalue weighted by atomic mass is 10.3. The summed E-state index contributed by atoms with van der Waals surface area (Å²) in [6.07, 6.45) is 3.60. The predicted octanol–water partition coefficient (Wildman–Crippen LogP) is 1.39. The molecule has 1 aliphatic rings. The van der Waals surface area contributed by atoms with Gasteiger partial charge in [-0.2, -0.15) is 0 Å². The lowest BCUT2D eigenvalue weighted by molar-refractivity contribution is 0.582. The molecule has 0 aliphatic heterocycles. The van der Waals surface area contributed by atoms with Crippen LogP contribution in [0.3, 0.4) is 0 Å².